The lowest BCUT2D eigenvalue weighted by atomic mass is 10.0. The fourth-order valence-corrected chi connectivity index (χ4v) is 3.50. The highest BCUT2D eigenvalue weighted by atomic mass is 35.5. The highest BCUT2D eigenvalue weighted by Gasteiger charge is 2.29. The lowest BCUT2D eigenvalue weighted by molar-refractivity contribution is -0.149. The first kappa shape index (κ1) is 27.0. The minimum atomic E-state index is -0.819. The van der Waals surface area contributed by atoms with E-state index in [2.05, 4.69) is 15.5 Å². The Morgan fingerprint density at radius 3 is 2.06 bits per heavy atom. The maximum absolute atomic E-state index is 12.9. The zero-order chi connectivity index (χ0) is 23.4. The summed E-state index contributed by atoms with van der Waals surface area (Å²) in [6.45, 7) is 8.28. The van der Waals surface area contributed by atoms with Crippen molar-refractivity contribution in [3.8, 4) is 0 Å². The van der Waals surface area contributed by atoms with E-state index in [0.717, 1.165) is 11.3 Å². The Hall–Kier alpha value is -1.99. The van der Waals surface area contributed by atoms with Crippen LogP contribution in [0, 0.1) is 5.92 Å². The molecule has 0 radical (unpaired) electrons. The normalized spacial score (nSPS) is 12.7. The number of nitrogens with zero attached hydrogens (tertiary/aromatic N) is 1. The molecular formula is C22H33Cl2N3O4. The number of hydrogen-bond donors (Lipinski definition) is 2. The van der Waals surface area contributed by atoms with Gasteiger partial charge in [-0.3, -0.25) is 9.59 Å². The van der Waals surface area contributed by atoms with Crippen LogP contribution in [0.5, 0.6) is 0 Å². The van der Waals surface area contributed by atoms with Gasteiger partial charge >= 0.3 is 5.97 Å². The maximum atomic E-state index is 12.9. The number of ether oxygens (including phenoxy) is 1. The van der Waals surface area contributed by atoms with Gasteiger partial charge in [-0.1, -0.05) is 26.0 Å². The van der Waals surface area contributed by atoms with E-state index in [1.807, 2.05) is 38.1 Å². The molecule has 0 aromatic heterocycles. The number of esters is 1. The highest BCUT2D eigenvalue weighted by molar-refractivity contribution is 6.18. The van der Waals surface area contributed by atoms with Crippen molar-refractivity contribution in [1.29, 1.82) is 0 Å². The molecule has 2 atom stereocenters. The third kappa shape index (κ3) is 9.35. The van der Waals surface area contributed by atoms with Crippen LogP contribution < -0.4 is 15.5 Å². The number of alkyl halides is 2. The van der Waals surface area contributed by atoms with Gasteiger partial charge < -0.3 is 20.3 Å². The Kier molecular flexibility index (Phi) is 12.3. The van der Waals surface area contributed by atoms with Gasteiger partial charge in [0.05, 0.1) is 6.61 Å². The molecule has 0 fully saturated rings. The first-order valence-corrected chi connectivity index (χ1v) is 11.5. The Morgan fingerprint density at radius 1 is 1.03 bits per heavy atom. The second-order valence-electron chi connectivity index (χ2n) is 7.47. The molecule has 2 N–H and O–H groups in total. The molecule has 0 saturated carbocycles. The topological polar surface area (TPSA) is 87.7 Å². The van der Waals surface area contributed by atoms with Gasteiger partial charge in [0.1, 0.15) is 12.1 Å². The molecule has 7 nitrogen and oxygen atoms in total. The summed E-state index contributed by atoms with van der Waals surface area (Å²) < 4.78 is 5.06. The Bertz CT molecular complexity index is 707. The minimum absolute atomic E-state index is 0.157. The summed E-state index contributed by atoms with van der Waals surface area (Å²) in [6.07, 6.45) is 0.282. The Balaban J connectivity index is 2.95. The molecule has 31 heavy (non-hydrogen) atoms. The predicted octanol–water partition coefficient (Wildman–Crippen LogP) is 2.72. The summed E-state index contributed by atoms with van der Waals surface area (Å²) in [4.78, 5) is 38.8. The number of carbonyl (C=O) groups excluding carboxylic acids is 3. The molecule has 0 bridgehead atoms. The van der Waals surface area contributed by atoms with E-state index in [1.54, 1.807) is 6.92 Å². The molecule has 0 aliphatic carbocycles. The Morgan fingerprint density at radius 2 is 1.61 bits per heavy atom. The van der Waals surface area contributed by atoms with E-state index in [0.29, 0.717) is 24.8 Å². The standard InChI is InChI=1S/C22H33Cl2N3O4/c1-5-31-22(30)20(15(2)3)26-21(29)19(25-16(4)28)14-17-6-8-18(9-7-17)27(12-10-23)13-11-24/h6-9,15,19-20H,5,10-14H2,1-4H3,(H,25,28)(H,26,29)/t19?,20-/m0/s1. The van der Waals surface area contributed by atoms with Gasteiger partial charge in [0.15, 0.2) is 0 Å². The summed E-state index contributed by atoms with van der Waals surface area (Å²) in [7, 11) is 0. The van der Waals surface area contributed by atoms with Gasteiger partial charge in [-0.15, -0.1) is 23.2 Å². The minimum Gasteiger partial charge on any atom is -0.464 e. The highest BCUT2D eigenvalue weighted by Crippen LogP contribution is 2.17. The molecule has 1 aromatic rings. The summed E-state index contributed by atoms with van der Waals surface area (Å²) in [5.74, 6) is -0.436. The number of benzene rings is 1. The van der Waals surface area contributed by atoms with Gasteiger partial charge in [0.2, 0.25) is 11.8 Å². The third-order valence-corrected chi connectivity index (χ3v) is 4.99. The molecule has 1 unspecified atom stereocenters. The second-order valence-corrected chi connectivity index (χ2v) is 8.23. The number of halogens is 2. The Labute approximate surface area is 194 Å². The van der Waals surface area contributed by atoms with Crippen molar-refractivity contribution < 1.29 is 19.1 Å². The molecule has 1 rings (SSSR count). The zero-order valence-electron chi connectivity index (χ0n) is 18.6. The molecule has 0 saturated heterocycles. The summed E-state index contributed by atoms with van der Waals surface area (Å²) in [5.41, 5.74) is 1.85. The molecule has 9 heteroatoms. The monoisotopic (exact) mass is 473 g/mol. The van der Waals surface area contributed by atoms with Crippen LogP contribution in [0.25, 0.3) is 0 Å². The van der Waals surface area contributed by atoms with Crippen molar-refractivity contribution >= 4 is 46.7 Å². The van der Waals surface area contributed by atoms with Crippen LogP contribution in [0.1, 0.15) is 33.3 Å². The van der Waals surface area contributed by atoms with Gasteiger partial charge in [-0.25, -0.2) is 4.79 Å². The van der Waals surface area contributed by atoms with E-state index in [1.165, 1.54) is 6.92 Å². The molecule has 174 valence electrons. The fraction of sp³-hybridized carbons (Fsp3) is 0.591. The molecular weight excluding hydrogens is 441 g/mol. The summed E-state index contributed by atoms with van der Waals surface area (Å²) in [6, 6.07) is 6.07. The van der Waals surface area contributed by atoms with Crippen molar-refractivity contribution in [3.05, 3.63) is 29.8 Å². The van der Waals surface area contributed by atoms with Gasteiger partial charge in [-0.05, 0) is 30.5 Å². The van der Waals surface area contributed by atoms with E-state index in [4.69, 9.17) is 27.9 Å². The van der Waals surface area contributed by atoms with E-state index in [-0.39, 0.29) is 24.9 Å². The number of amides is 2. The van der Waals surface area contributed by atoms with Gasteiger partial charge in [-0.2, -0.15) is 0 Å². The van der Waals surface area contributed by atoms with Crippen LogP contribution in [0.4, 0.5) is 5.69 Å². The molecule has 0 spiro atoms. The average Bonchev–Trinajstić information content (AvgIpc) is 2.71. The van der Waals surface area contributed by atoms with Crippen LogP contribution in [0.2, 0.25) is 0 Å². The van der Waals surface area contributed by atoms with Gasteiger partial charge in [0.25, 0.3) is 0 Å². The second kappa shape index (κ2) is 14.1. The lowest BCUT2D eigenvalue weighted by Crippen LogP contribution is -2.54. The molecule has 0 aliphatic heterocycles. The zero-order valence-corrected chi connectivity index (χ0v) is 20.1. The van der Waals surface area contributed by atoms with E-state index in [9.17, 15) is 14.4 Å². The van der Waals surface area contributed by atoms with Crippen molar-refractivity contribution in [2.24, 2.45) is 5.92 Å². The van der Waals surface area contributed by atoms with Gasteiger partial charge in [0, 0.05) is 43.9 Å². The number of anilines is 1. The smallest absolute Gasteiger partial charge is 0.328 e. The quantitative estimate of drug-likeness (QED) is 0.339. The molecule has 0 heterocycles. The first-order valence-electron chi connectivity index (χ1n) is 10.4. The predicted molar refractivity (Wildman–Crippen MR) is 125 cm³/mol. The van der Waals surface area contributed by atoms with E-state index >= 15 is 0 Å². The molecule has 2 amide bonds. The van der Waals surface area contributed by atoms with Crippen LogP contribution >= 0.6 is 23.2 Å². The molecule has 1 aromatic carbocycles. The number of rotatable bonds is 13. The summed E-state index contributed by atoms with van der Waals surface area (Å²) >= 11 is 11.7. The fourth-order valence-electron chi connectivity index (χ4n) is 3.09. The van der Waals surface area contributed by atoms with Crippen LogP contribution in [0.15, 0.2) is 24.3 Å². The van der Waals surface area contributed by atoms with Crippen LogP contribution in [-0.2, 0) is 25.5 Å². The van der Waals surface area contributed by atoms with Crippen molar-refractivity contribution in [2.45, 2.75) is 46.2 Å². The van der Waals surface area contributed by atoms with Crippen molar-refractivity contribution in [3.63, 3.8) is 0 Å². The SMILES string of the molecule is CCOC(=O)[C@@H](NC(=O)C(Cc1ccc(N(CCCl)CCCl)cc1)NC(C)=O)C(C)C. The third-order valence-electron chi connectivity index (χ3n) is 4.65. The summed E-state index contributed by atoms with van der Waals surface area (Å²) in [5, 5.41) is 5.40. The van der Waals surface area contributed by atoms with Crippen LogP contribution in [0.3, 0.4) is 0 Å². The number of hydrogen-bond acceptors (Lipinski definition) is 5. The van der Waals surface area contributed by atoms with Crippen LogP contribution in [-0.4, -0.2) is 61.3 Å². The number of nitrogens with one attached hydrogen (secondary N) is 2. The lowest BCUT2D eigenvalue weighted by Gasteiger charge is -2.25. The first-order chi connectivity index (χ1) is 14.7. The van der Waals surface area contributed by atoms with Crippen molar-refractivity contribution in [2.75, 3.05) is 36.4 Å². The maximum Gasteiger partial charge on any atom is 0.328 e. The average molecular weight is 474 g/mol. The molecule has 0 aliphatic rings. The van der Waals surface area contributed by atoms with E-state index < -0.39 is 24.0 Å². The largest absolute Gasteiger partial charge is 0.464 e. The number of carbonyl (C=O) groups is 3. The van der Waals surface area contributed by atoms with Crippen molar-refractivity contribution in [1.82, 2.24) is 10.6 Å².